The zero-order valence-corrected chi connectivity index (χ0v) is 14.2. The van der Waals surface area contributed by atoms with Crippen molar-refractivity contribution in [3.05, 3.63) is 46.4 Å². The Morgan fingerprint density at radius 1 is 1.42 bits per heavy atom. The van der Waals surface area contributed by atoms with Crippen LogP contribution in [0.3, 0.4) is 0 Å². The molecule has 2 N–H and O–H groups in total. The van der Waals surface area contributed by atoms with E-state index in [9.17, 15) is 9.90 Å². The van der Waals surface area contributed by atoms with Crippen molar-refractivity contribution in [1.29, 1.82) is 0 Å². The van der Waals surface area contributed by atoms with Crippen molar-refractivity contribution in [3.8, 4) is 5.75 Å². The number of rotatable bonds is 7. The van der Waals surface area contributed by atoms with Gasteiger partial charge >= 0.3 is 0 Å². The number of aliphatic hydroxyl groups is 1. The van der Waals surface area contributed by atoms with Gasteiger partial charge in [0, 0.05) is 26.2 Å². The normalized spacial score (nSPS) is 17.8. The van der Waals surface area contributed by atoms with Crippen LogP contribution in [0.25, 0.3) is 0 Å². The number of aliphatic hydroxyl groups excluding tert-OH is 1. The molecule has 0 unspecified atom stereocenters. The molecule has 1 aromatic carbocycles. The van der Waals surface area contributed by atoms with Gasteiger partial charge in [0.1, 0.15) is 22.2 Å². The van der Waals surface area contributed by atoms with Crippen LogP contribution in [0.4, 0.5) is 0 Å². The van der Waals surface area contributed by atoms with E-state index < -0.39 is 0 Å². The summed E-state index contributed by atoms with van der Waals surface area (Å²) in [6, 6.07) is 9.53. The molecule has 0 saturated carbocycles. The third-order valence-corrected chi connectivity index (χ3v) is 4.81. The molecular weight excluding hydrogens is 326 g/mol. The summed E-state index contributed by atoms with van der Waals surface area (Å²) in [6.45, 7) is 3.26. The Balaban J connectivity index is 1.42. The van der Waals surface area contributed by atoms with Gasteiger partial charge in [-0.05, 0) is 18.6 Å². The summed E-state index contributed by atoms with van der Waals surface area (Å²) in [7, 11) is 0. The number of nitrogens with one attached hydrogen (secondary N) is 1. The van der Waals surface area contributed by atoms with Crippen LogP contribution in [0.1, 0.15) is 21.1 Å². The molecular formula is C17H21N3O3S. The molecule has 0 bridgehead atoms. The zero-order chi connectivity index (χ0) is 16.8. The molecule has 0 spiro atoms. The lowest BCUT2D eigenvalue weighted by Crippen LogP contribution is -2.34. The molecule has 2 aromatic rings. The lowest BCUT2D eigenvalue weighted by atomic mass is 10.3. The van der Waals surface area contributed by atoms with E-state index in [1.54, 1.807) is 6.20 Å². The average molecular weight is 347 g/mol. The summed E-state index contributed by atoms with van der Waals surface area (Å²) in [4.78, 5) is 19.1. The second-order valence-electron chi connectivity index (χ2n) is 5.72. The summed E-state index contributed by atoms with van der Waals surface area (Å²) < 4.78 is 5.63. The van der Waals surface area contributed by atoms with Crippen molar-refractivity contribution < 1.29 is 14.6 Å². The first-order chi connectivity index (χ1) is 11.7. The number of amides is 1. The van der Waals surface area contributed by atoms with Crippen LogP contribution in [-0.4, -0.2) is 53.2 Å². The molecule has 1 aliphatic rings. The second kappa shape index (κ2) is 8.23. The van der Waals surface area contributed by atoms with Gasteiger partial charge in [-0.3, -0.25) is 9.69 Å². The Labute approximate surface area is 145 Å². The molecule has 1 atom stereocenters. The van der Waals surface area contributed by atoms with Crippen LogP contribution in [0, 0.1) is 0 Å². The van der Waals surface area contributed by atoms with Gasteiger partial charge in [-0.15, -0.1) is 11.3 Å². The van der Waals surface area contributed by atoms with Crippen LogP contribution in [0.2, 0.25) is 0 Å². The van der Waals surface area contributed by atoms with Crippen molar-refractivity contribution >= 4 is 17.2 Å². The number of thiazole rings is 1. The molecule has 0 radical (unpaired) electrons. The number of hydrogen-bond donors (Lipinski definition) is 2. The third-order valence-electron chi connectivity index (χ3n) is 3.84. The molecule has 3 rings (SSSR count). The fraction of sp³-hybridized carbons (Fsp3) is 0.412. The molecule has 1 fully saturated rings. The van der Waals surface area contributed by atoms with E-state index in [0.717, 1.165) is 30.3 Å². The van der Waals surface area contributed by atoms with Crippen molar-refractivity contribution in [2.45, 2.75) is 19.1 Å². The van der Waals surface area contributed by atoms with E-state index in [1.807, 2.05) is 30.3 Å². The highest BCUT2D eigenvalue weighted by atomic mass is 32.1. The highest BCUT2D eigenvalue weighted by Gasteiger charge is 2.19. The number of aromatic nitrogens is 1. The van der Waals surface area contributed by atoms with Gasteiger partial charge in [0.2, 0.25) is 0 Å². The Morgan fingerprint density at radius 2 is 2.25 bits per heavy atom. The first-order valence-corrected chi connectivity index (χ1v) is 8.83. The van der Waals surface area contributed by atoms with Gasteiger partial charge in [-0.25, -0.2) is 4.98 Å². The molecule has 2 heterocycles. The van der Waals surface area contributed by atoms with Crippen molar-refractivity contribution in [3.63, 3.8) is 0 Å². The summed E-state index contributed by atoms with van der Waals surface area (Å²) in [5, 5.41) is 13.1. The molecule has 1 amide bonds. The predicted molar refractivity (Wildman–Crippen MR) is 92.3 cm³/mol. The summed E-state index contributed by atoms with van der Waals surface area (Å²) in [5.74, 6) is 0.671. The van der Waals surface area contributed by atoms with E-state index in [1.165, 1.54) is 11.3 Å². The van der Waals surface area contributed by atoms with E-state index in [4.69, 9.17) is 4.74 Å². The molecule has 1 aromatic heterocycles. The number of benzene rings is 1. The smallest absolute Gasteiger partial charge is 0.263 e. The van der Waals surface area contributed by atoms with Crippen LogP contribution >= 0.6 is 11.3 Å². The molecule has 24 heavy (non-hydrogen) atoms. The highest BCUT2D eigenvalue weighted by Crippen LogP contribution is 2.16. The van der Waals surface area contributed by atoms with E-state index >= 15 is 0 Å². The van der Waals surface area contributed by atoms with Crippen LogP contribution in [-0.2, 0) is 6.61 Å². The average Bonchev–Trinajstić information content (AvgIpc) is 3.23. The third kappa shape index (κ3) is 4.77. The Hall–Kier alpha value is -1.96. The highest BCUT2D eigenvalue weighted by molar-refractivity contribution is 7.13. The van der Waals surface area contributed by atoms with Gasteiger partial charge in [-0.2, -0.15) is 0 Å². The topological polar surface area (TPSA) is 74.7 Å². The Morgan fingerprint density at radius 3 is 3.00 bits per heavy atom. The largest absolute Gasteiger partial charge is 0.486 e. The fourth-order valence-corrected chi connectivity index (χ4v) is 3.32. The minimum absolute atomic E-state index is 0.113. The Bertz CT molecular complexity index is 662. The zero-order valence-electron chi connectivity index (χ0n) is 13.4. The first kappa shape index (κ1) is 16.9. The number of likely N-dealkylation sites (tertiary alicyclic amines) is 1. The maximum atomic E-state index is 12.1. The Kier molecular flexibility index (Phi) is 5.79. The van der Waals surface area contributed by atoms with Crippen molar-refractivity contribution in [2.24, 2.45) is 0 Å². The van der Waals surface area contributed by atoms with Crippen LogP contribution in [0.5, 0.6) is 5.75 Å². The number of para-hydroxylation sites is 1. The summed E-state index contributed by atoms with van der Waals surface area (Å²) in [5.41, 5.74) is 0. The summed E-state index contributed by atoms with van der Waals surface area (Å²) >= 11 is 1.34. The van der Waals surface area contributed by atoms with Gasteiger partial charge in [0.25, 0.3) is 5.91 Å². The van der Waals surface area contributed by atoms with Crippen molar-refractivity contribution in [1.82, 2.24) is 15.2 Å². The first-order valence-electron chi connectivity index (χ1n) is 8.02. The second-order valence-corrected chi connectivity index (χ2v) is 6.83. The number of carbonyl (C=O) groups excluding carboxylic acids is 1. The van der Waals surface area contributed by atoms with Gasteiger partial charge < -0.3 is 15.2 Å². The minimum atomic E-state index is -0.227. The molecule has 1 aliphatic heterocycles. The number of β-amino-alcohol motifs (C(OH)–C–C–N with tert-alkyl or cyclic N) is 1. The lowest BCUT2D eigenvalue weighted by Gasteiger charge is -2.14. The fourth-order valence-electron chi connectivity index (χ4n) is 2.57. The molecule has 0 aliphatic carbocycles. The lowest BCUT2D eigenvalue weighted by molar-refractivity contribution is 0.0953. The van der Waals surface area contributed by atoms with Crippen LogP contribution < -0.4 is 10.1 Å². The maximum absolute atomic E-state index is 12.1. The van der Waals surface area contributed by atoms with Crippen molar-refractivity contribution in [2.75, 3.05) is 26.2 Å². The maximum Gasteiger partial charge on any atom is 0.263 e. The molecule has 6 nitrogen and oxygen atoms in total. The van der Waals surface area contributed by atoms with Crippen LogP contribution in [0.15, 0.2) is 36.5 Å². The standard InChI is InChI=1S/C17H21N3O3S/c21-13-6-8-20(11-13)9-7-18-17(22)15-10-19-16(24-15)12-23-14-4-2-1-3-5-14/h1-5,10,13,21H,6-9,11-12H2,(H,18,22)/t13-/m1/s1. The number of hydrogen-bond acceptors (Lipinski definition) is 6. The number of nitrogens with zero attached hydrogens (tertiary/aromatic N) is 2. The molecule has 128 valence electrons. The number of ether oxygens (including phenoxy) is 1. The minimum Gasteiger partial charge on any atom is -0.486 e. The quantitative estimate of drug-likeness (QED) is 0.794. The van der Waals surface area contributed by atoms with Gasteiger partial charge in [-0.1, -0.05) is 18.2 Å². The van der Waals surface area contributed by atoms with Gasteiger partial charge in [0.15, 0.2) is 0 Å². The van der Waals surface area contributed by atoms with E-state index in [-0.39, 0.29) is 12.0 Å². The SMILES string of the molecule is O=C(NCCN1CC[C@@H](O)C1)c1cnc(COc2ccccc2)s1. The van der Waals surface area contributed by atoms with E-state index in [2.05, 4.69) is 15.2 Å². The predicted octanol–water partition coefficient (Wildman–Crippen LogP) is 1.52. The summed E-state index contributed by atoms with van der Waals surface area (Å²) in [6.07, 6.45) is 2.17. The van der Waals surface area contributed by atoms with E-state index in [0.29, 0.717) is 24.6 Å². The number of carbonyl (C=O) groups is 1. The molecule has 1 saturated heterocycles. The van der Waals surface area contributed by atoms with Gasteiger partial charge in [0.05, 0.1) is 12.3 Å². The monoisotopic (exact) mass is 347 g/mol. The molecule has 7 heteroatoms.